The van der Waals surface area contributed by atoms with E-state index >= 15 is 0 Å². The highest BCUT2D eigenvalue weighted by molar-refractivity contribution is 6.12. The van der Waals surface area contributed by atoms with Gasteiger partial charge in [0.1, 0.15) is 17.0 Å². The third-order valence-corrected chi connectivity index (χ3v) is 12.3. The Morgan fingerprint density at radius 3 is 1.83 bits per heavy atom. The van der Waals surface area contributed by atoms with Crippen molar-refractivity contribution in [1.82, 2.24) is 19.0 Å². The van der Waals surface area contributed by atoms with Crippen LogP contribution in [0.5, 0.6) is 0 Å². The van der Waals surface area contributed by atoms with Crippen molar-refractivity contribution < 1.29 is 4.42 Å². The molecule has 0 saturated heterocycles. The van der Waals surface area contributed by atoms with Crippen molar-refractivity contribution in [2.75, 3.05) is 23.7 Å². The first-order valence-corrected chi connectivity index (χ1v) is 20.0. The minimum Gasteiger partial charge on any atom is -0.456 e. The van der Waals surface area contributed by atoms with Crippen LogP contribution in [0.3, 0.4) is 0 Å². The van der Waals surface area contributed by atoms with Gasteiger partial charge >= 0.3 is 0 Å². The topological polar surface area (TPSA) is 64.0 Å². The summed E-state index contributed by atoms with van der Waals surface area (Å²) in [6.45, 7) is 1.67. The van der Waals surface area contributed by atoms with Crippen molar-refractivity contribution in [2.45, 2.75) is 6.04 Å². The van der Waals surface area contributed by atoms with Crippen molar-refractivity contribution in [3.8, 4) is 11.4 Å². The van der Waals surface area contributed by atoms with Gasteiger partial charge in [-0.3, -0.25) is 4.57 Å². The predicted molar refractivity (Wildman–Crippen MR) is 241 cm³/mol. The van der Waals surface area contributed by atoms with E-state index in [1.165, 1.54) is 60.7 Å². The number of furan rings is 1. The lowest BCUT2D eigenvalue weighted by molar-refractivity contribution is 0.668. The van der Waals surface area contributed by atoms with Gasteiger partial charge in [0.15, 0.2) is 0 Å². The molecule has 13 rings (SSSR count). The molecule has 0 saturated carbocycles. The summed E-state index contributed by atoms with van der Waals surface area (Å²) in [7, 11) is 0. The summed E-state index contributed by atoms with van der Waals surface area (Å²) in [4.78, 5) is 0. The van der Waals surface area contributed by atoms with E-state index in [-0.39, 0.29) is 6.04 Å². The van der Waals surface area contributed by atoms with E-state index < -0.39 is 0 Å². The quantitative estimate of drug-likeness (QED) is 0.168. The van der Waals surface area contributed by atoms with Gasteiger partial charge in [-0.05, 0) is 90.5 Å². The Kier molecular flexibility index (Phi) is 6.49. The van der Waals surface area contributed by atoms with Crippen molar-refractivity contribution in [3.63, 3.8) is 0 Å². The number of allylic oxidation sites excluding steroid dienone is 2. The summed E-state index contributed by atoms with van der Waals surface area (Å²) in [6, 6.07) is 46.1. The maximum Gasteiger partial charge on any atom is 0.135 e. The zero-order valence-corrected chi connectivity index (χ0v) is 31.4. The van der Waals surface area contributed by atoms with Crippen LogP contribution in [0.15, 0.2) is 162 Å². The van der Waals surface area contributed by atoms with Crippen molar-refractivity contribution in [3.05, 3.63) is 175 Å². The van der Waals surface area contributed by atoms with Gasteiger partial charge < -0.3 is 29.5 Å². The molecule has 3 N–H and O–H groups in total. The first kappa shape index (κ1) is 31.6. The number of rotatable bonds is 4. The molecule has 4 aromatic heterocycles. The number of fused-ring (bicyclic) bond motifs is 12. The molecular weight excluding hydrogens is 713 g/mol. The molecule has 276 valence electrons. The van der Waals surface area contributed by atoms with Crippen molar-refractivity contribution in [2.24, 2.45) is 0 Å². The van der Waals surface area contributed by atoms with Crippen molar-refractivity contribution in [1.29, 1.82) is 0 Å². The van der Waals surface area contributed by atoms with E-state index in [0.29, 0.717) is 0 Å². The SMILES string of the molecule is C1=CC(c2ccc3oc4ccc(-n5c6ccccc6c6cc(-n7c8c(c9ccccc97)NCC=C8)ccc65)cc4c3c2)NC(n2c3c(c4ccccc42)NCC=C3)=C1. The molecule has 1 unspecified atom stereocenters. The number of para-hydroxylation sites is 3. The van der Waals surface area contributed by atoms with E-state index in [4.69, 9.17) is 4.42 Å². The van der Waals surface area contributed by atoms with E-state index in [0.717, 1.165) is 63.4 Å². The Morgan fingerprint density at radius 1 is 0.500 bits per heavy atom. The van der Waals surface area contributed by atoms with E-state index in [1.807, 2.05) is 0 Å². The fourth-order valence-corrected chi connectivity index (χ4v) is 9.75. The minimum absolute atomic E-state index is 0.0179. The van der Waals surface area contributed by atoms with Crippen LogP contribution in [0, 0.1) is 0 Å². The van der Waals surface area contributed by atoms with Gasteiger partial charge in [-0.1, -0.05) is 85.0 Å². The Hall–Kier alpha value is -7.64. The summed E-state index contributed by atoms with van der Waals surface area (Å²) in [5, 5.41) is 18.2. The fourth-order valence-electron chi connectivity index (χ4n) is 9.75. The second-order valence-electron chi connectivity index (χ2n) is 15.4. The number of hydrogen-bond donors (Lipinski definition) is 3. The van der Waals surface area contributed by atoms with Crippen LogP contribution in [0.4, 0.5) is 11.4 Å². The lowest BCUT2D eigenvalue weighted by Gasteiger charge is -2.25. The minimum atomic E-state index is -0.0179. The molecule has 0 aliphatic carbocycles. The van der Waals surface area contributed by atoms with Crippen LogP contribution >= 0.6 is 0 Å². The molecule has 0 radical (unpaired) electrons. The van der Waals surface area contributed by atoms with Crippen LogP contribution in [-0.2, 0) is 0 Å². The zero-order chi connectivity index (χ0) is 37.9. The van der Waals surface area contributed by atoms with Gasteiger partial charge in [0, 0.05) is 56.8 Å². The van der Waals surface area contributed by atoms with E-state index in [1.54, 1.807) is 0 Å². The number of hydrogen-bond acceptors (Lipinski definition) is 4. The van der Waals surface area contributed by atoms with Gasteiger partial charge in [-0.15, -0.1) is 0 Å². The molecule has 7 nitrogen and oxygen atoms in total. The molecule has 1 atom stereocenters. The molecule has 58 heavy (non-hydrogen) atoms. The third-order valence-electron chi connectivity index (χ3n) is 12.3. The standard InChI is InChI=1S/C51H36N6O/c1-4-14-41-34(10-1)37-29-32(56-42-15-5-2-11-35(42)50-45(56)17-8-26-52-50)21-23-44(37)55(41)33-22-25-48-39(30-33)38-28-31(20-24-47(38)58-48)40-13-7-19-49(54-40)57-43-16-6-3-12-36(43)51-46(57)18-9-27-53-51/h1-25,28-30,40,52-54H,26-27H2. The van der Waals surface area contributed by atoms with Crippen LogP contribution in [0.25, 0.3) is 94.9 Å². The molecule has 6 aromatic carbocycles. The highest BCUT2D eigenvalue weighted by Gasteiger charge is 2.24. The number of dihydropyridines is 1. The first-order valence-electron chi connectivity index (χ1n) is 20.0. The van der Waals surface area contributed by atoms with Crippen LogP contribution < -0.4 is 16.0 Å². The van der Waals surface area contributed by atoms with E-state index in [2.05, 4.69) is 200 Å². The molecule has 7 heteroatoms. The summed E-state index contributed by atoms with van der Waals surface area (Å²) in [5.41, 5.74) is 14.6. The van der Waals surface area contributed by atoms with Gasteiger partial charge in [0.05, 0.1) is 50.9 Å². The summed E-state index contributed by atoms with van der Waals surface area (Å²) in [5.74, 6) is 1.05. The number of nitrogens with one attached hydrogen (secondary N) is 3. The van der Waals surface area contributed by atoms with Crippen molar-refractivity contribution >= 4 is 94.9 Å². The van der Waals surface area contributed by atoms with Gasteiger partial charge in [0.2, 0.25) is 0 Å². The normalized spacial score (nSPS) is 15.9. The van der Waals surface area contributed by atoms with Gasteiger partial charge in [-0.25, -0.2) is 0 Å². The average Bonchev–Trinajstić information content (AvgIpc) is 4.02. The van der Waals surface area contributed by atoms with E-state index in [9.17, 15) is 0 Å². The Balaban J connectivity index is 0.916. The largest absolute Gasteiger partial charge is 0.456 e. The molecule has 0 fully saturated rings. The third kappa shape index (κ3) is 4.44. The molecule has 3 aliphatic rings. The molecule has 0 bridgehead atoms. The Labute approximate surface area is 333 Å². The number of nitrogens with zero attached hydrogens (tertiary/aromatic N) is 3. The summed E-state index contributed by atoms with van der Waals surface area (Å²) in [6.07, 6.45) is 15.4. The molecule has 10 aromatic rings. The maximum atomic E-state index is 6.48. The first-order chi connectivity index (χ1) is 28.8. The fraction of sp³-hybridized carbons (Fsp3) is 0.0588. The number of benzene rings is 6. The Bertz CT molecular complexity index is 3510. The zero-order valence-electron chi connectivity index (χ0n) is 31.4. The molecule has 0 spiro atoms. The highest BCUT2D eigenvalue weighted by atomic mass is 16.3. The second-order valence-corrected chi connectivity index (χ2v) is 15.4. The second kappa shape index (κ2) is 11.9. The molecule has 7 heterocycles. The Morgan fingerprint density at radius 2 is 1.07 bits per heavy atom. The summed E-state index contributed by atoms with van der Waals surface area (Å²) >= 11 is 0. The monoisotopic (exact) mass is 748 g/mol. The smallest absolute Gasteiger partial charge is 0.135 e. The average molecular weight is 749 g/mol. The summed E-state index contributed by atoms with van der Waals surface area (Å²) < 4.78 is 13.6. The van der Waals surface area contributed by atoms with Crippen LogP contribution in [0.2, 0.25) is 0 Å². The lowest BCUT2D eigenvalue weighted by atomic mass is 10.0. The van der Waals surface area contributed by atoms with Gasteiger partial charge in [0.25, 0.3) is 0 Å². The van der Waals surface area contributed by atoms with Crippen LogP contribution in [-0.4, -0.2) is 26.8 Å². The highest BCUT2D eigenvalue weighted by Crippen LogP contribution is 2.41. The number of anilines is 2. The van der Waals surface area contributed by atoms with Crippen LogP contribution in [0.1, 0.15) is 23.0 Å². The predicted octanol–water partition coefficient (Wildman–Crippen LogP) is 12.2. The maximum absolute atomic E-state index is 6.48. The number of aromatic nitrogens is 3. The van der Waals surface area contributed by atoms with Gasteiger partial charge in [-0.2, -0.15) is 0 Å². The molecule has 0 amide bonds. The molecule has 3 aliphatic heterocycles. The lowest BCUT2D eigenvalue weighted by Crippen LogP contribution is -2.24. The molecular formula is C51H36N6O.